The summed E-state index contributed by atoms with van der Waals surface area (Å²) in [5.41, 5.74) is 6.26. The van der Waals surface area contributed by atoms with Gasteiger partial charge in [-0.05, 0) is 72.4 Å². The molecule has 41 heavy (non-hydrogen) atoms. The third kappa shape index (κ3) is 7.72. The second kappa shape index (κ2) is 14.1. The molecule has 212 valence electrons. The molecule has 0 aliphatic carbocycles. The molecule has 0 atom stereocenters. The molecule has 0 saturated carbocycles. The minimum Gasteiger partial charge on any atom is -0.496 e. The van der Waals surface area contributed by atoms with Crippen LogP contribution >= 0.6 is 0 Å². The molecule has 0 radical (unpaired) electrons. The predicted octanol–water partition coefficient (Wildman–Crippen LogP) is 6.43. The van der Waals surface area contributed by atoms with Gasteiger partial charge in [-0.3, -0.25) is 9.59 Å². The zero-order chi connectivity index (χ0) is 29.2. The number of aromatic nitrogens is 1. The van der Waals surface area contributed by atoms with E-state index in [0.717, 1.165) is 33.4 Å². The normalized spacial score (nSPS) is 10.7. The van der Waals surface area contributed by atoms with Crippen molar-refractivity contribution in [2.24, 2.45) is 0 Å². The van der Waals surface area contributed by atoms with Crippen LogP contribution in [0.15, 0.2) is 85.1 Å². The van der Waals surface area contributed by atoms with E-state index in [4.69, 9.17) is 9.47 Å². The first kappa shape index (κ1) is 29.3. The molecule has 0 aliphatic heterocycles. The first-order valence-electron chi connectivity index (χ1n) is 13.8. The van der Waals surface area contributed by atoms with Crippen LogP contribution in [-0.4, -0.2) is 47.1 Å². The van der Waals surface area contributed by atoms with E-state index in [1.165, 1.54) is 0 Å². The predicted molar refractivity (Wildman–Crippen MR) is 160 cm³/mol. The molecule has 4 rings (SSSR count). The topological polar surface area (TPSA) is 89.0 Å². The molecular weight excluding hydrogens is 516 g/mol. The number of hydrogen-bond donors (Lipinski definition) is 1. The zero-order valence-electron chi connectivity index (χ0n) is 23.8. The van der Waals surface area contributed by atoms with Crippen LogP contribution in [0.5, 0.6) is 11.6 Å². The lowest BCUT2D eigenvalue weighted by Crippen LogP contribution is -2.30. The van der Waals surface area contributed by atoms with E-state index < -0.39 is 5.97 Å². The van der Waals surface area contributed by atoms with E-state index >= 15 is 0 Å². The number of amides is 1. The molecule has 0 fully saturated rings. The smallest absolute Gasteiger partial charge is 0.307 e. The number of carboxylic acids is 1. The van der Waals surface area contributed by atoms with Crippen LogP contribution in [0.25, 0.3) is 22.3 Å². The number of hydrogen-bond acceptors (Lipinski definition) is 5. The number of carboxylic acid groups (broad SMARTS) is 1. The van der Waals surface area contributed by atoms with Gasteiger partial charge in [0.15, 0.2) is 0 Å². The van der Waals surface area contributed by atoms with Crippen LogP contribution in [-0.2, 0) is 29.0 Å². The number of rotatable bonds is 13. The first-order chi connectivity index (χ1) is 19.9. The number of carbonyl (C=O) groups is 2. The minimum atomic E-state index is -0.902. The van der Waals surface area contributed by atoms with Crippen LogP contribution in [0.3, 0.4) is 0 Å². The Bertz CT molecular complexity index is 1470. The number of carbonyl (C=O) groups excluding carboxylic acids is 1. The van der Waals surface area contributed by atoms with Gasteiger partial charge in [0.05, 0.1) is 20.1 Å². The SMILES string of the molecule is CCOc1ccc(-c2ccc(-c3cc(CC(=O)O)ccc3OC)c(CN(CC)C(=O)CCc3ccccc3)c2)cn1. The van der Waals surface area contributed by atoms with Crippen molar-refractivity contribution in [2.45, 2.75) is 39.7 Å². The largest absolute Gasteiger partial charge is 0.496 e. The Kier molecular flexibility index (Phi) is 10.1. The summed E-state index contributed by atoms with van der Waals surface area (Å²) in [5.74, 6) is 0.367. The lowest BCUT2D eigenvalue weighted by Gasteiger charge is -2.24. The number of methoxy groups -OCH3 is 1. The van der Waals surface area contributed by atoms with Crippen LogP contribution in [0.4, 0.5) is 0 Å². The summed E-state index contributed by atoms with van der Waals surface area (Å²) in [6.45, 7) is 5.39. The van der Waals surface area contributed by atoms with Gasteiger partial charge in [-0.15, -0.1) is 0 Å². The summed E-state index contributed by atoms with van der Waals surface area (Å²) in [5, 5.41) is 9.38. The lowest BCUT2D eigenvalue weighted by atomic mass is 9.93. The highest BCUT2D eigenvalue weighted by Crippen LogP contribution is 2.36. The van der Waals surface area contributed by atoms with Crippen LogP contribution < -0.4 is 9.47 Å². The molecule has 3 aromatic carbocycles. The van der Waals surface area contributed by atoms with Crippen molar-refractivity contribution >= 4 is 11.9 Å². The highest BCUT2D eigenvalue weighted by atomic mass is 16.5. The van der Waals surface area contributed by atoms with Gasteiger partial charge in [-0.2, -0.15) is 0 Å². The Balaban J connectivity index is 1.72. The van der Waals surface area contributed by atoms with Gasteiger partial charge in [0.1, 0.15) is 5.75 Å². The van der Waals surface area contributed by atoms with Gasteiger partial charge in [0, 0.05) is 42.9 Å². The van der Waals surface area contributed by atoms with Crippen molar-refractivity contribution in [3.05, 3.63) is 102 Å². The van der Waals surface area contributed by atoms with Crippen molar-refractivity contribution in [1.29, 1.82) is 0 Å². The van der Waals surface area contributed by atoms with Crippen molar-refractivity contribution in [2.75, 3.05) is 20.3 Å². The quantitative estimate of drug-likeness (QED) is 0.206. The number of pyridine rings is 1. The molecule has 0 saturated heterocycles. The molecule has 0 aliphatic rings. The number of aryl methyl sites for hydroxylation is 1. The molecule has 7 heteroatoms. The van der Waals surface area contributed by atoms with Gasteiger partial charge in [0.25, 0.3) is 0 Å². The highest BCUT2D eigenvalue weighted by molar-refractivity contribution is 5.81. The van der Waals surface area contributed by atoms with E-state index in [-0.39, 0.29) is 12.3 Å². The van der Waals surface area contributed by atoms with E-state index in [1.807, 2.05) is 79.4 Å². The Labute approximate surface area is 241 Å². The molecular formula is C34H36N2O5. The van der Waals surface area contributed by atoms with E-state index in [0.29, 0.717) is 49.7 Å². The lowest BCUT2D eigenvalue weighted by molar-refractivity contribution is -0.136. The number of aliphatic carboxylic acids is 1. The summed E-state index contributed by atoms with van der Waals surface area (Å²) >= 11 is 0. The van der Waals surface area contributed by atoms with Crippen molar-refractivity contribution in [3.63, 3.8) is 0 Å². The third-order valence-electron chi connectivity index (χ3n) is 6.94. The maximum atomic E-state index is 13.4. The zero-order valence-corrected chi connectivity index (χ0v) is 23.8. The molecule has 1 amide bonds. The van der Waals surface area contributed by atoms with E-state index in [9.17, 15) is 14.7 Å². The summed E-state index contributed by atoms with van der Waals surface area (Å²) < 4.78 is 11.2. The van der Waals surface area contributed by atoms with Gasteiger partial charge >= 0.3 is 5.97 Å². The Morgan fingerprint density at radius 2 is 1.66 bits per heavy atom. The number of nitrogens with zero attached hydrogens (tertiary/aromatic N) is 2. The molecule has 4 aromatic rings. The van der Waals surface area contributed by atoms with E-state index in [1.54, 1.807) is 25.4 Å². The molecule has 0 bridgehead atoms. The molecule has 1 N–H and O–H groups in total. The first-order valence-corrected chi connectivity index (χ1v) is 13.8. The maximum absolute atomic E-state index is 13.4. The minimum absolute atomic E-state index is 0.0713. The summed E-state index contributed by atoms with van der Waals surface area (Å²) in [6.07, 6.45) is 2.76. The average Bonchev–Trinajstić information content (AvgIpc) is 2.99. The average molecular weight is 553 g/mol. The molecule has 1 heterocycles. The van der Waals surface area contributed by atoms with E-state index in [2.05, 4.69) is 11.1 Å². The fraction of sp³-hybridized carbons (Fsp3) is 0.265. The second-order valence-corrected chi connectivity index (χ2v) is 9.69. The van der Waals surface area contributed by atoms with Crippen molar-refractivity contribution in [3.8, 4) is 33.9 Å². The Morgan fingerprint density at radius 3 is 2.32 bits per heavy atom. The summed E-state index contributed by atoms with van der Waals surface area (Å²) in [6, 6.07) is 25.3. The molecule has 7 nitrogen and oxygen atoms in total. The standard InChI is InChI=1S/C34H36N2O5/c1-4-36(33(37)18-12-24-9-7-6-8-10-24)23-28-21-26(27-14-17-32(35-22-27)41-5-2)13-15-29(28)30-19-25(20-34(38)39)11-16-31(30)40-3/h6-11,13-17,19,21-22H,4-5,12,18,20,23H2,1-3H3,(H,38,39). The van der Waals surface area contributed by atoms with Crippen molar-refractivity contribution in [1.82, 2.24) is 9.88 Å². The van der Waals surface area contributed by atoms with Crippen LogP contribution in [0.1, 0.15) is 37.0 Å². The second-order valence-electron chi connectivity index (χ2n) is 9.69. The fourth-order valence-electron chi connectivity index (χ4n) is 4.84. The maximum Gasteiger partial charge on any atom is 0.307 e. The van der Waals surface area contributed by atoms with Crippen LogP contribution in [0, 0.1) is 0 Å². The number of benzene rings is 3. The third-order valence-corrected chi connectivity index (χ3v) is 6.94. The van der Waals surface area contributed by atoms with Gasteiger partial charge < -0.3 is 19.5 Å². The van der Waals surface area contributed by atoms with Gasteiger partial charge in [-0.25, -0.2) is 4.98 Å². The number of ether oxygens (including phenoxy) is 2. The van der Waals surface area contributed by atoms with Crippen molar-refractivity contribution < 1.29 is 24.2 Å². The Morgan fingerprint density at radius 1 is 0.878 bits per heavy atom. The van der Waals surface area contributed by atoms with Crippen LogP contribution in [0.2, 0.25) is 0 Å². The summed E-state index contributed by atoms with van der Waals surface area (Å²) in [7, 11) is 1.60. The molecule has 1 aromatic heterocycles. The molecule has 0 spiro atoms. The summed E-state index contributed by atoms with van der Waals surface area (Å²) in [4.78, 5) is 31.1. The fourth-order valence-corrected chi connectivity index (χ4v) is 4.84. The molecule has 0 unspecified atom stereocenters. The Hall–Kier alpha value is -4.65. The highest BCUT2D eigenvalue weighted by Gasteiger charge is 2.19. The monoisotopic (exact) mass is 552 g/mol. The van der Waals surface area contributed by atoms with Gasteiger partial charge in [-0.1, -0.05) is 48.5 Å². The van der Waals surface area contributed by atoms with Gasteiger partial charge in [0.2, 0.25) is 11.8 Å².